The Morgan fingerprint density at radius 2 is 1.84 bits per heavy atom. The van der Waals surface area contributed by atoms with Gasteiger partial charge in [0.15, 0.2) is 5.60 Å². The quantitative estimate of drug-likeness (QED) is 0.255. The van der Waals surface area contributed by atoms with E-state index in [0.717, 1.165) is 24.9 Å². The van der Waals surface area contributed by atoms with Gasteiger partial charge in [0.05, 0.1) is 18.3 Å². The maximum absolute atomic E-state index is 14.0. The molecule has 2 aliphatic heterocycles. The minimum Gasteiger partial charge on any atom is -0.395 e. The van der Waals surface area contributed by atoms with E-state index in [4.69, 9.17) is 0 Å². The Labute approximate surface area is 251 Å². The highest BCUT2D eigenvalue weighted by Gasteiger charge is 2.53. The molecule has 3 atom stereocenters. The third-order valence-corrected chi connectivity index (χ3v) is 8.15. The van der Waals surface area contributed by atoms with E-state index in [2.05, 4.69) is 10.6 Å². The number of nitrogens with zero attached hydrogens (tertiary/aromatic N) is 2. The molecular weight excluding hydrogens is 544 g/mol. The number of hydrogen-bond donors (Lipinski definition) is 4. The van der Waals surface area contributed by atoms with Crippen LogP contribution in [-0.2, 0) is 26.5 Å². The predicted molar refractivity (Wildman–Crippen MR) is 165 cm³/mol. The van der Waals surface area contributed by atoms with Gasteiger partial charge in [-0.3, -0.25) is 19.3 Å². The number of anilines is 3. The molecule has 0 aromatic heterocycles. The number of para-hydroxylation sites is 1. The lowest BCUT2D eigenvalue weighted by Crippen LogP contribution is -2.42. The zero-order chi connectivity index (χ0) is 30.4. The molecular formula is C34H38N4O5. The van der Waals surface area contributed by atoms with E-state index >= 15 is 0 Å². The van der Waals surface area contributed by atoms with Crippen LogP contribution in [0.4, 0.5) is 17.1 Å². The largest absolute Gasteiger partial charge is 0.395 e. The highest BCUT2D eigenvalue weighted by atomic mass is 16.3. The van der Waals surface area contributed by atoms with Crippen molar-refractivity contribution < 1.29 is 24.6 Å². The molecule has 3 aromatic rings. The molecule has 1 fully saturated rings. The van der Waals surface area contributed by atoms with Crippen LogP contribution in [0, 0.1) is 5.92 Å². The number of hydrogen-bond acceptors (Lipinski definition) is 6. The van der Waals surface area contributed by atoms with Crippen molar-refractivity contribution in [1.29, 1.82) is 0 Å². The molecule has 0 saturated carbocycles. The molecule has 2 heterocycles. The number of aliphatic hydroxyl groups is 2. The van der Waals surface area contributed by atoms with E-state index in [1.807, 2.05) is 48.5 Å². The summed E-state index contributed by atoms with van der Waals surface area (Å²) in [4.78, 5) is 42.9. The third kappa shape index (κ3) is 6.39. The molecule has 43 heavy (non-hydrogen) atoms. The molecule has 0 unspecified atom stereocenters. The molecule has 224 valence electrons. The molecule has 0 spiro atoms. The topological polar surface area (TPSA) is 122 Å². The second-order valence-electron chi connectivity index (χ2n) is 11.1. The van der Waals surface area contributed by atoms with Gasteiger partial charge in [-0.15, -0.1) is 0 Å². The molecule has 3 amide bonds. The average Bonchev–Trinajstić information content (AvgIpc) is 3.64. The smallest absolute Gasteiger partial charge is 0.268 e. The molecule has 5 rings (SSSR count). The number of aliphatic hydroxyl groups excluding tert-OH is 1. The summed E-state index contributed by atoms with van der Waals surface area (Å²) in [5.74, 6) is -1.55. The van der Waals surface area contributed by atoms with E-state index in [1.54, 1.807) is 54.3 Å². The zero-order valence-corrected chi connectivity index (χ0v) is 24.3. The van der Waals surface area contributed by atoms with Crippen LogP contribution >= 0.6 is 0 Å². The molecule has 2 aliphatic rings. The lowest BCUT2D eigenvalue weighted by molar-refractivity contribution is -0.138. The molecule has 4 N–H and O–H groups in total. The number of rotatable bonds is 11. The highest BCUT2D eigenvalue weighted by Crippen LogP contribution is 2.49. The van der Waals surface area contributed by atoms with E-state index in [0.29, 0.717) is 29.2 Å². The number of nitrogens with one attached hydrogen (secondary N) is 2. The molecule has 3 aromatic carbocycles. The van der Waals surface area contributed by atoms with Gasteiger partial charge in [-0.2, -0.15) is 0 Å². The number of carbonyl (C=O) groups is 3. The van der Waals surface area contributed by atoms with E-state index in [9.17, 15) is 24.6 Å². The molecule has 9 nitrogen and oxygen atoms in total. The molecule has 0 radical (unpaired) electrons. The highest BCUT2D eigenvalue weighted by molar-refractivity contribution is 6.12. The zero-order valence-electron chi connectivity index (χ0n) is 24.3. The van der Waals surface area contributed by atoms with Gasteiger partial charge in [0.25, 0.3) is 5.91 Å². The Kier molecular flexibility index (Phi) is 9.35. The summed E-state index contributed by atoms with van der Waals surface area (Å²) in [5.41, 5.74) is 1.04. The Hall–Kier alpha value is -4.31. The van der Waals surface area contributed by atoms with Crippen LogP contribution in [0.1, 0.15) is 37.3 Å². The van der Waals surface area contributed by atoms with Crippen LogP contribution in [0.3, 0.4) is 0 Å². The van der Waals surface area contributed by atoms with E-state index in [-0.39, 0.29) is 37.4 Å². The van der Waals surface area contributed by atoms with Gasteiger partial charge < -0.3 is 25.7 Å². The van der Waals surface area contributed by atoms with Crippen LogP contribution < -0.4 is 15.5 Å². The third-order valence-electron chi connectivity index (χ3n) is 8.15. The fourth-order valence-electron chi connectivity index (χ4n) is 5.78. The van der Waals surface area contributed by atoms with Crippen molar-refractivity contribution in [2.45, 2.75) is 44.4 Å². The fourth-order valence-corrected chi connectivity index (χ4v) is 5.78. The second kappa shape index (κ2) is 13.3. The normalized spacial score (nSPS) is 20.3. The van der Waals surface area contributed by atoms with Crippen molar-refractivity contribution in [2.24, 2.45) is 5.92 Å². The van der Waals surface area contributed by atoms with Gasteiger partial charge in [-0.1, -0.05) is 67.6 Å². The standard InChI is InChI=1S/C34H38N4O5/c1-24(10-8-16-31(40)37(20-21-39)23-25-11-4-2-5-12-25)34(43)28-22-26(36-32(41)29-15-9-19-35-29)17-18-30(28)38(33(34)42)27-13-6-3-7-14-27/h2-8,10-14,17-18,22,24,29,35,39,43H,9,15-16,19-21,23H2,1H3,(H,36,41)/b10-8+/t24-,29-,34+/m1/s1. The van der Waals surface area contributed by atoms with Crippen molar-refractivity contribution in [3.8, 4) is 0 Å². The first-order chi connectivity index (χ1) is 20.8. The van der Waals surface area contributed by atoms with Crippen molar-refractivity contribution in [3.63, 3.8) is 0 Å². The van der Waals surface area contributed by atoms with E-state index < -0.39 is 17.4 Å². The monoisotopic (exact) mass is 582 g/mol. The Morgan fingerprint density at radius 1 is 1.12 bits per heavy atom. The van der Waals surface area contributed by atoms with Gasteiger partial charge in [0.1, 0.15) is 0 Å². The van der Waals surface area contributed by atoms with Gasteiger partial charge >= 0.3 is 0 Å². The van der Waals surface area contributed by atoms with Crippen LogP contribution in [0.15, 0.2) is 91.0 Å². The summed E-state index contributed by atoms with van der Waals surface area (Å²) in [6, 6.07) is 23.5. The summed E-state index contributed by atoms with van der Waals surface area (Å²) in [6.07, 6.45) is 5.07. The first-order valence-electron chi connectivity index (χ1n) is 14.7. The predicted octanol–water partition coefficient (Wildman–Crippen LogP) is 3.85. The van der Waals surface area contributed by atoms with Crippen LogP contribution in [0.5, 0.6) is 0 Å². The minimum atomic E-state index is -1.94. The van der Waals surface area contributed by atoms with Crippen molar-refractivity contribution >= 4 is 34.8 Å². The lowest BCUT2D eigenvalue weighted by Gasteiger charge is -2.28. The maximum atomic E-state index is 14.0. The Bertz CT molecular complexity index is 1470. The number of amides is 3. The second-order valence-corrected chi connectivity index (χ2v) is 11.1. The van der Waals surface area contributed by atoms with Gasteiger partial charge in [0.2, 0.25) is 11.8 Å². The number of benzene rings is 3. The van der Waals surface area contributed by atoms with E-state index in [1.165, 1.54) is 4.90 Å². The molecule has 9 heteroatoms. The molecule has 1 saturated heterocycles. The molecule has 0 aliphatic carbocycles. The number of carbonyl (C=O) groups excluding carboxylic acids is 3. The lowest BCUT2D eigenvalue weighted by atomic mass is 9.82. The van der Waals surface area contributed by atoms with Crippen molar-refractivity contribution in [2.75, 3.05) is 29.9 Å². The van der Waals surface area contributed by atoms with Crippen LogP contribution in [0.2, 0.25) is 0 Å². The Morgan fingerprint density at radius 3 is 2.51 bits per heavy atom. The van der Waals surface area contributed by atoms with Gasteiger partial charge in [0, 0.05) is 42.4 Å². The summed E-state index contributed by atoms with van der Waals surface area (Å²) in [5, 5.41) is 27.8. The first-order valence-corrected chi connectivity index (χ1v) is 14.7. The summed E-state index contributed by atoms with van der Waals surface area (Å²) in [7, 11) is 0. The van der Waals surface area contributed by atoms with Gasteiger partial charge in [-0.05, 0) is 55.3 Å². The molecule has 0 bridgehead atoms. The fraction of sp³-hybridized carbons (Fsp3) is 0.324. The van der Waals surface area contributed by atoms with Crippen LogP contribution in [-0.4, -0.2) is 58.6 Å². The SMILES string of the molecule is C[C@H](/C=C/CC(=O)N(CCO)Cc1ccccc1)[C@@]1(O)C(=O)N(c2ccccc2)c2ccc(NC(=O)[C@H]3CCCN3)cc21. The van der Waals surface area contributed by atoms with Crippen molar-refractivity contribution in [3.05, 3.63) is 102 Å². The maximum Gasteiger partial charge on any atom is 0.268 e. The summed E-state index contributed by atoms with van der Waals surface area (Å²) < 4.78 is 0. The summed E-state index contributed by atoms with van der Waals surface area (Å²) in [6.45, 7) is 2.94. The van der Waals surface area contributed by atoms with Gasteiger partial charge in [-0.25, -0.2) is 0 Å². The Balaban J connectivity index is 1.39. The number of fused-ring (bicyclic) bond motifs is 1. The van der Waals surface area contributed by atoms with Crippen LogP contribution in [0.25, 0.3) is 0 Å². The average molecular weight is 583 g/mol. The first kappa shape index (κ1) is 30.2. The summed E-state index contributed by atoms with van der Waals surface area (Å²) >= 11 is 0. The minimum absolute atomic E-state index is 0.0428. The van der Waals surface area contributed by atoms with Crippen molar-refractivity contribution in [1.82, 2.24) is 10.2 Å².